The van der Waals surface area contributed by atoms with Crippen molar-refractivity contribution in [2.45, 2.75) is 44.7 Å². The third kappa shape index (κ3) is 4.37. The Morgan fingerprint density at radius 1 is 1.30 bits per heavy atom. The average molecular weight is 284 g/mol. The molecule has 20 heavy (non-hydrogen) atoms. The van der Waals surface area contributed by atoms with Crippen LogP contribution >= 0.6 is 0 Å². The highest BCUT2D eigenvalue weighted by atomic mass is 16.5. The fourth-order valence-electron chi connectivity index (χ4n) is 2.89. The zero-order valence-corrected chi connectivity index (χ0v) is 12.3. The molecule has 2 unspecified atom stereocenters. The summed E-state index contributed by atoms with van der Waals surface area (Å²) in [5.74, 6) is 0.0614. The van der Waals surface area contributed by atoms with Crippen LogP contribution in [0.15, 0.2) is 0 Å². The lowest BCUT2D eigenvalue weighted by Crippen LogP contribution is -2.51. The fraction of sp³-hybridized carbons (Fsp3) is 0.857. The van der Waals surface area contributed by atoms with Crippen LogP contribution in [0, 0.1) is 5.92 Å². The normalized spacial score (nSPS) is 26.9. The van der Waals surface area contributed by atoms with Crippen molar-refractivity contribution in [3.8, 4) is 0 Å². The van der Waals surface area contributed by atoms with Crippen LogP contribution in [-0.2, 0) is 14.3 Å². The van der Waals surface area contributed by atoms with Crippen LogP contribution in [0.5, 0.6) is 0 Å². The average Bonchev–Trinajstić information content (AvgIpc) is 3.22. The number of rotatable bonds is 5. The quantitative estimate of drug-likeness (QED) is 0.767. The van der Waals surface area contributed by atoms with Crippen molar-refractivity contribution in [2.75, 3.05) is 26.8 Å². The SMILES string of the molecule is CCOC(=O)NC1CC(CC(=O)OC)CN(C2CC2)C1. The number of carbonyl (C=O) groups excluding carboxylic acids is 2. The van der Waals surface area contributed by atoms with Crippen LogP contribution < -0.4 is 5.32 Å². The number of ether oxygens (including phenoxy) is 2. The van der Waals surface area contributed by atoms with Gasteiger partial charge in [-0.15, -0.1) is 0 Å². The lowest BCUT2D eigenvalue weighted by Gasteiger charge is -2.37. The summed E-state index contributed by atoms with van der Waals surface area (Å²) in [4.78, 5) is 25.4. The molecule has 2 fully saturated rings. The summed E-state index contributed by atoms with van der Waals surface area (Å²) in [5.41, 5.74) is 0. The van der Waals surface area contributed by atoms with Crippen molar-refractivity contribution in [1.82, 2.24) is 10.2 Å². The molecule has 114 valence electrons. The Morgan fingerprint density at radius 3 is 2.65 bits per heavy atom. The molecule has 6 heteroatoms. The highest BCUT2D eigenvalue weighted by molar-refractivity contribution is 5.69. The molecule has 0 spiro atoms. The molecule has 1 saturated heterocycles. The Balaban J connectivity index is 1.89. The van der Waals surface area contributed by atoms with E-state index in [1.54, 1.807) is 6.92 Å². The molecule has 1 aliphatic heterocycles. The van der Waals surface area contributed by atoms with Gasteiger partial charge in [-0.05, 0) is 32.1 Å². The van der Waals surface area contributed by atoms with Crippen LogP contribution in [0.4, 0.5) is 4.79 Å². The Bertz CT molecular complexity index is 357. The van der Waals surface area contributed by atoms with Crippen molar-refractivity contribution in [1.29, 1.82) is 0 Å². The van der Waals surface area contributed by atoms with E-state index in [-0.39, 0.29) is 24.0 Å². The van der Waals surface area contributed by atoms with Crippen molar-refractivity contribution in [2.24, 2.45) is 5.92 Å². The maximum absolute atomic E-state index is 11.5. The van der Waals surface area contributed by atoms with Crippen molar-refractivity contribution < 1.29 is 19.1 Å². The first kappa shape index (κ1) is 15.1. The molecule has 1 heterocycles. The lowest BCUT2D eigenvalue weighted by molar-refractivity contribution is -0.142. The number of carbonyl (C=O) groups is 2. The summed E-state index contributed by atoms with van der Waals surface area (Å²) >= 11 is 0. The number of nitrogens with zero attached hydrogens (tertiary/aromatic N) is 1. The maximum Gasteiger partial charge on any atom is 0.407 e. The van der Waals surface area contributed by atoms with E-state index >= 15 is 0 Å². The summed E-state index contributed by atoms with van der Waals surface area (Å²) in [6.45, 7) is 3.93. The molecule has 1 saturated carbocycles. The number of alkyl carbamates (subject to hydrolysis) is 1. The second kappa shape index (κ2) is 6.92. The van der Waals surface area contributed by atoms with Gasteiger partial charge in [0.2, 0.25) is 0 Å². The molecule has 1 aliphatic carbocycles. The van der Waals surface area contributed by atoms with Gasteiger partial charge in [-0.2, -0.15) is 0 Å². The van der Waals surface area contributed by atoms with E-state index in [2.05, 4.69) is 10.2 Å². The number of amides is 1. The summed E-state index contributed by atoms with van der Waals surface area (Å²) < 4.78 is 9.68. The maximum atomic E-state index is 11.5. The van der Waals surface area contributed by atoms with Gasteiger partial charge in [-0.3, -0.25) is 9.69 Å². The minimum Gasteiger partial charge on any atom is -0.469 e. The Hall–Kier alpha value is -1.30. The molecule has 0 radical (unpaired) electrons. The smallest absolute Gasteiger partial charge is 0.407 e. The first-order chi connectivity index (χ1) is 9.62. The molecule has 2 atom stereocenters. The minimum absolute atomic E-state index is 0.0538. The molecular weight excluding hydrogens is 260 g/mol. The predicted molar refractivity (Wildman–Crippen MR) is 73.3 cm³/mol. The first-order valence-electron chi connectivity index (χ1n) is 7.36. The van der Waals surface area contributed by atoms with Crippen LogP contribution in [0.2, 0.25) is 0 Å². The second-order valence-corrected chi connectivity index (χ2v) is 5.63. The monoisotopic (exact) mass is 284 g/mol. The topological polar surface area (TPSA) is 67.9 Å². The Labute approximate surface area is 119 Å². The number of hydrogen-bond acceptors (Lipinski definition) is 5. The number of likely N-dealkylation sites (tertiary alicyclic amines) is 1. The van der Waals surface area contributed by atoms with Crippen molar-refractivity contribution in [3.05, 3.63) is 0 Å². The molecule has 0 aromatic carbocycles. The number of piperidine rings is 1. The summed E-state index contributed by atoms with van der Waals surface area (Å²) in [6, 6.07) is 0.681. The van der Waals surface area contributed by atoms with E-state index in [1.165, 1.54) is 20.0 Å². The van der Waals surface area contributed by atoms with E-state index in [0.29, 0.717) is 19.1 Å². The molecule has 2 rings (SSSR count). The molecule has 2 aliphatic rings. The molecular formula is C14H24N2O4. The molecule has 6 nitrogen and oxygen atoms in total. The second-order valence-electron chi connectivity index (χ2n) is 5.63. The van der Waals surface area contributed by atoms with Gasteiger partial charge < -0.3 is 14.8 Å². The van der Waals surface area contributed by atoms with E-state index in [1.807, 2.05) is 0 Å². The van der Waals surface area contributed by atoms with Crippen molar-refractivity contribution >= 4 is 12.1 Å². The number of hydrogen-bond donors (Lipinski definition) is 1. The van der Waals surface area contributed by atoms with Gasteiger partial charge in [-0.25, -0.2) is 4.79 Å². The minimum atomic E-state index is -0.369. The Kier molecular flexibility index (Phi) is 5.23. The molecule has 0 aromatic rings. The number of esters is 1. The fourth-order valence-corrected chi connectivity index (χ4v) is 2.89. The number of nitrogens with one attached hydrogen (secondary N) is 1. The summed E-state index contributed by atoms with van der Waals surface area (Å²) in [7, 11) is 1.41. The molecule has 0 aromatic heterocycles. The predicted octanol–water partition coefficient (Wildman–Crippen LogP) is 1.15. The van der Waals surface area contributed by atoms with Crippen molar-refractivity contribution in [3.63, 3.8) is 0 Å². The first-order valence-corrected chi connectivity index (χ1v) is 7.36. The van der Waals surface area contributed by atoms with Crippen LogP contribution in [0.3, 0.4) is 0 Å². The van der Waals surface area contributed by atoms with E-state index in [0.717, 1.165) is 19.5 Å². The molecule has 1 N–H and O–H groups in total. The third-order valence-corrected chi connectivity index (χ3v) is 3.91. The van der Waals surface area contributed by atoms with Gasteiger partial charge in [0.15, 0.2) is 0 Å². The number of methoxy groups -OCH3 is 1. The van der Waals surface area contributed by atoms with E-state index in [9.17, 15) is 9.59 Å². The third-order valence-electron chi connectivity index (χ3n) is 3.91. The summed E-state index contributed by atoms with van der Waals surface area (Å²) in [5, 5.41) is 2.90. The largest absolute Gasteiger partial charge is 0.469 e. The zero-order chi connectivity index (χ0) is 14.5. The van der Waals surface area contributed by atoms with Gasteiger partial charge in [0.25, 0.3) is 0 Å². The van der Waals surface area contributed by atoms with Gasteiger partial charge in [0, 0.05) is 31.6 Å². The molecule has 1 amide bonds. The highest BCUT2D eigenvalue weighted by Gasteiger charge is 2.37. The highest BCUT2D eigenvalue weighted by Crippen LogP contribution is 2.32. The summed E-state index contributed by atoms with van der Waals surface area (Å²) in [6.07, 6.45) is 3.29. The van der Waals surface area contributed by atoms with Gasteiger partial charge >= 0.3 is 12.1 Å². The molecule has 0 bridgehead atoms. The van der Waals surface area contributed by atoms with Gasteiger partial charge in [0.1, 0.15) is 0 Å². The van der Waals surface area contributed by atoms with Crippen LogP contribution in [0.25, 0.3) is 0 Å². The Morgan fingerprint density at radius 2 is 2.05 bits per heavy atom. The van der Waals surface area contributed by atoms with E-state index < -0.39 is 0 Å². The lowest BCUT2D eigenvalue weighted by atomic mass is 9.91. The van der Waals surface area contributed by atoms with Crippen LogP contribution in [-0.4, -0.2) is 55.9 Å². The van der Waals surface area contributed by atoms with Crippen LogP contribution in [0.1, 0.15) is 32.6 Å². The van der Waals surface area contributed by atoms with E-state index in [4.69, 9.17) is 9.47 Å². The zero-order valence-electron chi connectivity index (χ0n) is 12.3. The van der Waals surface area contributed by atoms with Gasteiger partial charge in [-0.1, -0.05) is 0 Å². The standard InChI is InChI=1S/C14H24N2O4/c1-3-20-14(18)15-11-6-10(7-13(17)19-2)8-16(9-11)12-4-5-12/h10-12H,3-9H2,1-2H3,(H,15,18). The van der Waals surface area contributed by atoms with Gasteiger partial charge in [0.05, 0.1) is 13.7 Å².